The summed E-state index contributed by atoms with van der Waals surface area (Å²) in [4.78, 5) is 14.5. The summed E-state index contributed by atoms with van der Waals surface area (Å²) in [6, 6.07) is 3.14. The van der Waals surface area contributed by atoms with E-state index in [0.29, 0.717) is 29.3 Å². The molecule has 0 aliphatic carbocycles. The molecule has 2 aromatic rings. The molecule has 0 bridgehead atoms. The minimum atomic E-state index is -0.200. The first-order chi connectivity index (χ1) is 11.0. The number of aryl methyl sites for hydroxylation is 1. The first-order valence-corrected chi connectivity index (χ1v) is 8.10. The zero-order chi connectivity index (χ0) is 17.0. The van der Waals surface area contributed by atoms with E-state index in [4.69, 9.17) is 9.15 Å². The highest BCUT2D eigenvalue weighted by Crippen LogP contribution is 2.29. The third kappa shape index (κ3) is 4.42. The van der Waals surface area contributed by atoms with E-state index >= 15 is 0 Å². The maximum absolute atomic E-state index is 12.2. The maximum atomic E-state index is 12.2. The Hall–Kier alpha value is -1.72. The average Bonchev–Trinajstić information content (AvgIpc) is 2.52. The number of benzene rings is 1. The summed E-state index contributed by atoms with van der Waals surface area (Å²) in [5, 5.41) is 10.3. The largest absolute Gasteiger partial charge is 0.507 e. The van der Waals surface area contributed by atoms with Crippen LogP contribution in [0.25, 0.3) is 11.0 Å². The lowest BCUT2D eigenvalue weighted by Gasteiger charge is -2.17. The summed E-state index contributed by atoms with van der Waals surface area (Å²) in [6.45, 7) is 11.3. The lowest BCUT2D eigenvalue weighted by molar-refractivity contribution is 0.249. The van der Waals surface area contributed by atoms with E-state index in [9.17, 15) is 9.90 Å². The van der Waals surface area contributed by atoms with Gasteiger partial charge < -0.3 is 19.2 Å². The first kappa shape index (κ1) is 20.3. The number of hydrogen-bond acceptors (Lipinski definition) is 5. The molecule has 0 amide bonds. The summed E-state index contributed by atoms with van der Waals surface area (Å²) in [5.74, 6) is 0.972. The molecular formula is C18H26ClNO4. The number of rotatable bonds is 7. The van der Waals surface area contributed by atoms with Gasteiger partial charge in [-0.15, -0.1) is 12.4 Å². The topological polar surface area (TPSA) is 62.9 Å². The summed E-state index contributed by atoms with van der Waals surface area (Å²) in [6.07, 6.45) is 0.900. The number of nitrogens with zero attached hydrogens (tertiary/aromatic N) is 1. The Morgan fingerprint density at radius 1 is 1.21 bits per heavy atom. The van der Waals surface area contributed by atoms with Gasteiger partial charge in [0.15, 0.2) is 5.43 Å². The minimum absolute atomic E-state index is 0. The molecule has 1 aromatic carbocycles. The number of ether oxygens (including phenoxy) is 1. The van der Waals surface area contributed by atoms with Gasteiger partial charge in [0.05, 0.1) is 6.61 Å². The van der Waals surface area contributed by atoms with Gasteiger partial charge in [0.1, 0.15) is 28.2 Å². The van der Waals surface area contributed by atoms with Crippen LogP contribution in [0.5, 0.6) is 11.5 Å². The molecule has 0 spiro atoms. The van der Waals surface area contributed by atoms with E-state index in [1.54, 1.807) is 19.9 Å². The molecule has 0 radical (unpaired) electrons. The predicted molar refractivity (Wildman–Crippen MR) is 98.8 cm³/mol. The van der Waals surface area contributed by atoms with Crippen molar-refractivity contribution in [3.63, 3.8) is 0 Å². The van der Waals surface area contributed by atoms with Crippen LogP contribution in [0.3, 0.4) is 0 Å². The number of fused-ring (bicyclic) bond motifs is 1. The van der Waals surface area contributed by atoms with Gasteiger partial charge in [0.2, 0.25) is 0 Å². The van der Waals surface area contributed by atoms with E-state index in [-0.39, 0.29) is 29.0 Å². The van der Waals surface area contributed by atoms with Gasteiger partial charge in [-0.3, -0.25) is 4.79 Å². The van der Waals surface area contributed by atoms with Crippen molar-refractivity contribution in [1.82, 2.24) is 4.90 Å². The van der Waals surface area contributed by atoms with Crippen molar-refractivity contribution >= 4 is 23.4 Å². The average molecular weight is 356 g/mol. The van der Waals surface area contributed by atoms with Gasteiger partial charge >= 0.3 is 0 Å². The van der Waals surface area contributed by atoms with Crippen LogP contribution in [-0.4, -0.2) is 36.2 Å². The molecule has 2 rings (SSSR count). The lowest BCUT2D eigenvalue weighted by atomic mass is 10.1. The molecule has 1 heterocycles. The van der Waals surface area contributed by atoms with E-state index in [1.807, 2.05) is 0 Å². The van der Waals surface area contributed by atoms with Gasteiger partial charge in [-0.05, 0) is 33.4 Å². The lowest BCUT2D eigenvalue weighted by Crippen LogP contribution is -2.25. The van der Waals surface area contributed by atoms with E-state index in [0.717, 1.165) is 26.1 Å². The van der Waals surface area contributed by atoms with Crippen LogP contribution in [0.15, 0.2) is 21.3 Å². The van der Waals surface area contributed by atoms with Crippen molar-refractivity contribution in [2.24, 2.45) is 0 Å². The number of hydrogen-bond donors (Lipinski definition) is 1. The quantitative estimate of drug-likeness (QED) is 0.768. The standard InChI is InChI=1S/C18H25NO4.ClH/c1-5-19(6-2)8-7-9-22-14-10-15(20)17-16(11-14)23-13(4)12(3)18(17)21;/h10-11,20H,5-9H2,1-4H3;1H. The fourth-order valence-electron chi connectivity index (χ4n) is 2.58. The highest BCUT2D eigenvalue weighted by molar-refractivity contribution is 5.85. The van der Waals surface area contributed by atoms with Crippen molar-refractivity contribution in [2.75, 3.05) is 26.2 Å². The Labute approximate surface area is 148 Å². The normalized spacial score (nSPS) is 10.9. The van der Waals surface area contributed by atoms with Crippen LogP contribution in [0.4, 0.5) is 0 Å². The van der Waals surface area contributed by atoms with Gasteiger partial charge in [0, 0.05) is 24.2 Å². The van der Waals surface area contributed by atoms with Gasteiger partial charge in [0.25, 0.3) is 0 Å². The van der Waals surface area contributed by atoms with E-state index < -0.39 is 0 Å². The zero-order valence-corrected chi connectivity index (χ0v) is 15.5. The fourth-order valence-corrected chi connectivity index (χ4v) is 2.58. The fraction of sp³-hybridized carbons (Fsp3) is 0.500. The van der Waals surface area contributed by atoms with Crippen molar-refractivity contribution in [3.05, 3.63) is 33.7 Å². The molecule has 0 unspecified atom stereocenters. The van der Waals surface area contributed by atoms with Crippen LogP contribution in [-0.2, 0) is 0 Å². The van der Waals surface area contributed by atoms with Crippen LogP contribution >= 0.6 is 12.4 Å². The summed E-state index contributed by atoms with van der Waals surface area (Å²) in [7, 11) is 0. The van der Waals surface area contributed by atoms with Crippen LogP contribution < -0.4 is 10.2 Å². The number of phenols is 1. The first-order valence-electron chi connectivity index (χ1n) is 8.10. The third-order valence-electron chi connectivity index (χ3n) is 4.20. The molecule has 5 nitrogen and oxygen atoms in total. The Bertz CT molecular complexity index is 738. The Balaban J connectivity index is 0.00000288. The van der Waals surface area contributed by atoms with Gasteiger partial charge in [-0.2, -0.15) is 0 Å². The summed E-state index contributed by atoms with van der Waals surface area (Å²) in [5.41, 5.74) is 0.673. The van der Waals surface area contributed by atoms with Gasteiger partial charge in [-0.25, -0.2) is 0 Å². The highest BCUT2D eigenvalue weighted by atomic mass is 35.5. The van der Waals surface area contributed by atoms with Crippen LogP contribution in [0.1, 0.15) is 31.6 Å². The number of aromatic hydroxyl groups is 1. The molecule has 6 heteroatoms. The summed E-state index contributed by atoms with van der Waals surface area (Å²) >= 11 is 0. The molecule has 0 saturated carbocycles. The molecule has 1 aromatic heterocycles. The molecule has 0 aliphatic rings. The molecule has 0 aliphatic heterocycles. The smallest absolute Gasteiger partial charge is 0.199 e. The minimum Gasteiger partial charge on any atom is -0.507 e. The summed E-state index contributed by atoms with van der Waals surface area (Å²) < 4.78 is 11.3. The van der Waals surface area contributed by atoms with Crippen molar-refractivity contribution in [3.8, 4) is 11.5 Å². The van der Waals surface area contributed by atoms with Crippen LogP contribution in [0.2, 0.25) is 0 Å². The second kappa shape index (κ2) is 8.94. The third-order valence-corrected chi connectivity index (χ3v) is 4.20. The highest BCUT2D eigenvalue weighted by Gasteiger charge is 2.13. The monoisotopic (exact) mass is 355 g/mol. The Morgan fingerprint density at radius 3 is 2.50 bits per heavy atom. The van der Waals surface area contributed by atoms with Gasteiger partial charge in [-0.1, -0.05) is 13.8 Å². The molecule has 0 atom stereocenters. The molecule has 0 fully saturated rings. The molecular weight excluding hydrogens is 330 g/mol. The SMILES string of the molecule is CCN(CC)CCCOc1cc(O)c2c(=O)c(C)c(C)oc2c1.Cl. The number of phenolic OH excluding ortho intramolecular Hbond substituents is 1. The Kier molecular flexibility index (Phi) is 7.58. The number of halogens is 1. The zero-order valence-electron chi connectivity index (χ0n) is 14.7. The maximum Gasteiger partial charge on any atom is 0.199 e. The molecule has 24 heavy (non-hydrogen) atoms. The second-order valence-corrected chi connectivity index (χ2v) is 5.66. The Morgan fingerprint density at radius 2 is 1.88 bits per heavy atom. The predicted octanol–water partition coefficient (Wildman–Crippen LogP) is 3.65. The molecule has 134 valence electrons. The second-order valence-electron chi connectivity index (χ2n) is 5.66. The molecule has 1 N–H and O–H groups in total. The van der Waals surface area contributed by atoms with Crippen molar-refractivity contribution in [1.29, 1.82) is 0 Å². The van der Waals surface area contributed by atoms with E-state index in [1.165, 1.54) is 6.07 Å². The van der Waals surface area contributed by atoms with Crippen LogP contribution in [0, 0.1) is 13.8 Å². The van der Waals surface area contributed by atoms with Crippen molar-refractivity contribution < 1.29 is 14.3 Å². The molecule has 0 saturated heterocycles. The van der Waals surface area contributed by atoms with Crippen molar-refractivity contribution in [2.45, 2.75) is 34.1 Å². The van der Waals surface area contributed by atoms with E-state index in [2.05, 4.69) is 18.7 Å².